The number of nitrogens with zero attached hydrogens (tertiary/aromatic N) is 1. The molecule has 2 heterocycles. The number of hydrogen-bond donors (Lipinski definition) is 2. The number of aliphatic hydroxyl groups is 1. The van der Waals surface area contributed by atoms with Gasteiger partial charge in [0.15, 0.2) is 0 Å². The maximum absolute atomic E-state index is 8.92. The highest BCUT2D eigenvalue weighted by Gasteiger charge is 2.28. The molecular formula is C11H24Cl2N2O. The zero-order chi connectivity index (χ0) is 9.80. The molecule has 0 aromatic heterocycles. The van der Waals surface area contributed by atoms with Crippen molar-refractivity contribution in [3.05, 3.63) is 0 Å². The van der Waals surface area contributed by atoms with Crippen LogP contribution in [0.1, 0.15) is 19.3 Å². The van der Waals surface area contributed by atoms with E-state index in [1.54, 1.807) is 0 Å². The van der Waals surface area contributed by atoms with E-state index in [9.17, 15) is 0 Å². The molecule has 0 amide bonds. The van der Waals surface area contributed by atoms with Crippen LogP contribution in [0.25, 0.3) is 0 Å². The smallest absolute Gasteiger partial charge is 0.0558 e. The number of hydrogen-bond acceptors (Lipinski definition) is 3. The zero-order valence-corrected chi connectivity index (χ0v) is 11.4. The molecule has 0 saturated carbocycles. The first-order valence-electron chi connectivity index (χ1n) is 5.94. The quantitative estimate of drug-likeness (QED) is 0.808. The minimum Gasteiger partial charge on any atom is -0.395 e. The van der Waals surface area contributed by atoms with Gasteiger partial charge >= 0.3 is 0 Å². The van der Waals surface area contributed by atoms with Crippen molar-refractivity contribution in [3.8, 4) is 0 Å². The van der Waals surface area contributed by atoms with Gasteiger partial charge < -0.3 is 15.3 Å². The Kier molecular flexibility index (Phi) is 8.78. The number of β-amino-alcohol motifs (C(OH)–C–C–N with tert-alkyl or cyclic N) is 1. The summed E-state index contributed by atoms with van der Waals surface area (Å²) in [6.45, 7) is 6.02. The minimum absolute atomic E-state index is 0. The molecule has 2 N–H and O–H groups in total. The lowest BCUT2D eigenvalue weighted by molar-refractivity contribution is 0.116. The van der Waals surface area contributed by atoms with Gasteiger partial charge in [0.1, 0.15) is 0 Å². The molecular weight excluding hydrogens is 247 g/mol. The third kappa shape index (κ3) is 4.38. The summed E-state index contributed by atoms with van der Waals surface area (Å²) in [7, 11) is 0. The lowest BCUT2D eigenvalue weighted by atomic mass is 9.85. The van der Waals surface area contributed by atoms with Crippen LogP contribution in [0.3, 0.4) is 0 Å². The minimum atomic E-state index is 0. The maximum Gasteiger partial charge on any atom is 0.0558 e. The Bertz CT molecular complexity index is 175. The SMILES string of the molecule is Cl.Cl.OCCN1CCCC(C2CCNC2)C1. The summed E-state index contributed by atoms with van der Waals surface area (Å²) < 4.78 is 0. The molecule has 0 spiro atoms. The van der Waals surface area contributed by atoms with Gasteiger partial charge in [-0.1, -0.05) is 0 Å². The monoisotopic (exact) mass is 270 g/mol. The van der Waals surface area contributed by atoms with Crippen LogP contribution in [0.5, 0.6) is 0 Å². The van der Waals surface area contributed by atoms with Gasteiger partial charge in [-0.05, 0) is 50.7 Å². The molecule has 0 radical (unpaired) electrons. The lowest BCUT2D eigenvalue weighted by Gasteiger charge is -2.35. The van der Waals surface area contributed by atoms with E-state index in [0.29, 0.717) is 6.61 Å². The maximum atomic E-state index is 8.92. The summed E-state index contributed by atoms with van der Waals surface area (Å²) in [5, 5.41) is 12.4. The van der Waals surface area contributed by atoms with E-state index in [1.807, 2.05) is 0 Å². The molecule has 0 aromatic carbocycles. The van der Waals surface area contributed by atoms with Crippen molar-refractivity contribution >= 4 is 24.8 Å². The van der Waals surface area contributed by atoms with Gasteiger partial charge in [-0.2, -0.15) is 0 Å². The van der Waals surface area contributed by atoms with Crippen LogP contribution in [0.2, 0.25) is 0 Å². The Labute approximate surface area is 111 Å². The van der Waals surface area contributed by atoms with E-state index in [2.05, 4.69) is 10.2 Å². The molecule has 16 heavy (non-hydrogen) atoms. The molecule has 0 bridgehead atoms. The van der Waals surface area contributed by atoms with Crippen LogP contribution in [0.15, 0.2) is 0 Å². The molecule has 2 rings (SSSR count). The summed E-state index contributed by atoms with van der Waals surface area (Å²) in [6, 6.07) is 0. The number of aliphatic hydroxyl groups excluding tert-OH is 1. The lowest BCUT2D eigenvalue weighted by Crippen LogP contribution is -2.40. The van der Waals surface area contributed by atoms with Crippen molar-refractivity contribution in [2.24, 2.45) is 11.8 Å². The standard InChI is InChI=1S/C11H22N2O.2ClH/c14-7-6-13-5-1-2-11(9-13)10-3-4-12-8-10;;/h10-12,14H,1-9H2;2*1H. The molecule has 2 fully saturated rings. The summed E-state index contributed by atoms with van der Waals surface area (Å²) in [5.74, 6) is 1.78. The van der Waals surface area contributed by atoms with Crippen LogP contribution in [0, 0.1) is 11.8 Å². The summed E-state index contributed by atoms with van der Waals surface area (Å²) in [5.41, 5.74) is 0. The second kappa shape index (κ2) is 8.54. The predicted molar refractivity (Wildman–Crippen MR) is 71.7 cm³/mol. The zero-order valence-electron chi connectivity index (χ0n) is 9.73. The fraction of sp³-hybridized carbons (Fsp3) is 1.00. The van der Waals surface area contributed by atoms with Crippen molar-refractivity contribution in [1.29, 1.82) is 0 Å². The van der Waals surface area contributed by atoms with Crippen LogP contribution in [0.4, 0.5) is 0 Å². The highest BCUT2D eigenvalue weighted by molar-refractivity contribution is 5.85. The normalized spacial score (nSPS) is 30.6. The van der Waals surface area contributed by atoms with Gasteiger partial charge in [0.25, 0.3) is 0 Å². The molecule has 0 aromatic rings. The highest BCUT2D eigenvalue weighted by atomic mass is 35.5. The third-order valence-electron chi connectivity index (χ3n) is 3.72. The van der Waals surface area contributed by atoms with Crippen molar-refractivity contribution in [2.75, 3.05) is 39.3 Å². The summed E-state index contributed by atoms with van der Waals surface area (Å²) >= 11 is 0. The number of halogens is 2. The Morgan fingerprint density at radius 3 is 2.62 bits per heavy atom. The second-order valence-corrected chi connectivity index (χ2v) is 4.68. The van der Waals surface area contributed by atoms with Crippen LogP contribution >= 0.6 is 24.8 Å². The van der Waals surface area contributed by atoms with Gasteiger partial charge in [-0.3, -0.25) is 0 Å². The molecule has 5 heteroatoms. The molecule has 2 atom stereocenters. The van der Waals surface area contributed by atoms with E-state index < -0.39 is 0 Å². The Morgan fingerprint density at radius 2 is 2.00 bits per heavy atom. The van der Waals surface area contributed by atoms with Gasteiger partial charge in [0, 0.05) is 13.1 Å². The van der Waals surface area contributed by atoms with Gasteiger partial charge in [0.05, 0.1) is 6.61 Å². The summed E-state index contributed by atoms with van der Waals surface area (Å²) in [6.07, 6.45) is 4.08. The Balaban J connectivity index is 0.00000112. The molecule has 2 unspecified atom stereocenters. The van der Waals surface area contributed by atoms with Crippen LogP contribution in [-0.4, -0.2) is 49.3 Å². The van der Waals surface area contributed by atoms with E-state index in [4.69, 9.17) is 5.11 Å². The molecule has 98 valence electrons. The number of piperidine rings is 1. The van der Waals surface area contributed by atoms with E-state index in [-0.39, 0.29) is 24.8 Å². The molecule has 2 aliphatic heterocycles. The van der Waals surface area contributed by atoms with Crippen molar-refractivity contribution in [2.45, 2.75) is 19.3 Å². The van der Waals surface area contributed by atoms with Gasteiger partial charge in [-0.25, -0.2) is 0 Å². The Hall–Kier alpha value is 0.460. The average Bonchev–Trinajstić information content (AvgIpc) is 2.71. The van der Waals surface area contributed by atoms with Gasteiger partial charge in [-0.15, -0.1) is 24.8 Å². The highest BCUT2D eigenvalue weighted by Crippen LogP contribution is 2.27. The number of rotatable bonds is 3. The number of nitrogens with one attached hydrogen (secondary N) is 1. The van der Waals surface area contributed by atoms with E-state index in [1.165, 1.54) is 45.4 Å². The molecule has 2 saturated heterocycles. The number of likely N-dealkylation sites (tertiary alicyclic amines) is 1. The first-order chi connectivity index (χ1) is 6.90. The topological polar surface area (TPSA) is 35.5 Å². The first-order valence-corrected chi connectivity index (χ1v) is 5.94. The third-order valence-corrected chi connectivity index (χ3v) is 3.72. The fourth-order valence-electron chi connectivity index (χ4n) is 2.90. The van der Waals surface area contributed by atoms with Crippen LogP contribution in [-0.2, 0) is 0 Å². The van der Waals surface area contributed by atoms with E-state index >= 15 is 0 Å². The average molecular weight is 271 g/mol. The molecule has 2 aliphatic rings. The summed E-state index contributed by atoms with van der Waals surface area (Å²) in [4.78, 5) is 2.42. The molecule has 3 nitrogen and oxygen atoms in total. The Morgan fingerprint density at radius 1 is 1.19 bits per heavy atom. The van der Waals surface area contributed by atoms with Crippen molar-refractivity contribution in [1.82, 2.24) is 10.2 Å². The van der Waals surface area contributed by atoms with Crippen molar-refractivity contribution < 1.29 is 5.11 Å². The van der Waals surface area contributed by atoms with Crippen LogP contribution < -0.4 is 5.32 Å². The first kappa shape index (κ1) is 16.5. The van der Waals surface area contributed by atoms with Gasteiger partial charge in [0.2, 0.25) is 0 Å². The van der Waals surface area contributed by atoms with E-state index in [0.717, 1.165) is 18.4 Å². The second-order valence-electron chi connectivity index (χ2n) is 4.68. The predicted octanol–water partition coefficient (Wildman–Crippen LogP) is 1.14. The molecule has 0 aliphatic carbocycles. The largest absolute Gasteiger partial charge is 0.395 e. The van der Waals surface area contributed by atoms with Crippen molar-refractivity contribution in [3.63, 3.8) is 0 Å². The fourth-order valence-corrected chi connectivity index (χ4v) is 2.90.